The number of esters is 1. The van der Waals surface area contributed by atoms with Gasteiger partial charge >= 0.3 is 5.97 Å². The summed E-state index contributed by atoms with van der Waals surface area (Å²) in [6, 6.07) is 13.3. The molecule has 2 aromatic rings. The third-order valence-corrected chi connectivity index (χ3v) is 5.21. The van der Waals surface area contributed by atoms with E-state index >= 15 is 0 Å². The highest BCUT2D eigenvalue weighted by atomic mass is 16.5. The lowest BCUT2D eigenvalue weighted by molar-refractivity contribution is 0.0600. The van der Waals surface area contributed by atoms with Gasteiger partial charge in [0.15, 0.2) is 0 Å². The third kappa shape index (κ3) is 4.37. The lowest BCUT2D eigenvalue weighted by Crippen LogP contribution is -2.48. The topological polar surface area (TPSA) is 67.4 Å². The normalized spacial score (nSPS) is 19.4. The molecule has 2 N–H and O–H groups in total. The van der Waals surface area contributed by atoms with Gasteiger partial charge in [0.25, 0.3) is 5.91 Å². The Morgan fingerprint density at radius 3 is 2.44 bits per heavy atom. The standard InChI is InChI=1S/C22H26N2O3/c1-14-12-18(22(26)27-3)8-9-19(14)16-4-6-17(7-5-16)21(25)24-20-10-11-23-13-15(20)2/h4-9,12,15,20,23H,10-11,13H2,1-3H3,(H,24,25). The highest BCUT2D eigenvalue weighted by Gasteiger charge is 2.23. The predicted octanol–water partition coefficient (Wildman–Crippen LogP) is 3.18. The number of amides is 1. The summed E-state index contributed by atoms with van der Waals surface area (Å²) in [5.74, 6) is 0.0554. The Morgan fingerprint density at radius 2 is 1.81 bits per heavy atom. The molecular formula is C22H26N2O3. The van der Waals surface area contributed by atoms with Gasteiger partial charge in [0.2, 0.25) is 0 Å². The maximum atomic E-state index is 12.5. The van der Waals surface area contributed by atoms with E-state index in [0.717, 1.165) is 36.2 Å². The molecule has 1 heterocycles. The zero-order valence-corrected chi connectivity index (χ0v) is 16.0. The summed E-state index contributed by atoms with van der Waals surface area (Å²) in [4.78, 5) is 24.2. The minimum absolute atomic E-state index is 0.0296. The Balaban J connectivity index is 1.73. The van der Waals surface area contributed by atoms with Crippen LogP contribution in [0.15, 0.2) is 42.5 Å². The number of aryl methyl sites for hydroxylation is 1. The quantitative estimate of drug-likeness (QED) is 0.816. The number of carbonyl (C=O) groups excluding carboxylic acids is 2. The number of methoxy groups -OCH3 is 1. The van der Waals surface area contributed by atoms with Gasteiger partial charge in [-0.05, 0) is 73.3 Å². The van der Waals surface area contributed by atoms with E-state index in [0.29, 0.717) is 17.0 Å². The van der Waals surface area contributed by atoms with E-state index in [2.05, 4.69) is 17.6 Å². The molecule has 0 radical (unpaired) electrons. The van der Waals surface area contributed by atoms with Crippen LogP contribution in [0.2, 0.25) is 0 Å². The summed E-state index contributed by atoms with van der Waals surface area (Å²) < 4.78 is 4.76. The van der Waals surface area contributed by atoms with Crippen LogP contribution in [0.25, 0.3) is 11.1 Å². The molecule has 1 aliphatic rings. The van der Waals surface area contributed by atoms with Gasteiger partial charge in [-0.15, -0.1) is 0 Å². The van der Waals surface area contributed by atoms with E-state index in [-0.39, 0.29) is 17.9 Å². The summed E-state index contributed by atoms with van der Waals surface area (Å²) in [5.41, 5.74) is 4.22. The molecule has 2 unspecified atom stereocenters. The molecule has 0 aromatic heterocycles. The fraction of sp³-hybridized carbons (Fsp3) is 0.364. The molecule has 1 fully saturated rings. The summed E-state index contributed by atoms with van der Waals surface area (Å²) in [7, 11) is 1.37. The molecule has 5 nitrogen and oxygen atoms in total. The van der Waals surface area contributed by atoms with E-state index in [1.807, 2.05) is 43.3 Å². The molecule has 0 bridgehead atoms. The maximum absolute atomic E-state index is 12.5. The smallest absolute Gasteiger partial charge is 0.337 e. The molecule has 1 amide bonds. The Hall–Kier alpha value is -2.66. The van der Waals surface area contributed by atoms with Crippen LogP contribution < -0.4 is 10.6 Å². The molecule has 0 spiro atoms. The Kier molecular flexibility index (Phi) is 5.91. The minimum Gasteiger partial charge on any atom is -0.465 e. The van der Waals surface area contributed by atoms with Crippen LogP contribution in [0.5, 0.6) is 0 Å². The number of hydrogen-bond donors (Lipinski definition) is 2. The van der Waals surface area contributed by atoms with Gasteiger partial charge in [-0.2, -0.15) is 0 Å². The zero-order valence-electron chi connectivity index (χ0n) is 16.0. The van der Waals surface area contributed by atoms with Crippen LogP contribution in [0.3, 0.4) is 0 Å². The van der Waals surface area contributed by atoms with Crippen molar-refractivity contribution in [2.45, 2.75) is 26.3 Å². The second-order valence-electron chi connectivity index (χ2n) is 7.15. The number of piperidine rings is 1. The molecule has 2 aromatic carbocycles. The van der Waals surface area contributed by atoms with Crippen LogP contribution in [-0.4, -0.2) is 38.1 Å². The van der Waals surface area contributed by atoms with E-state index < -0.39 is 0 Å². The first-order valence-electron chi connectivity index (χ1n) is 9.30. The largest absolute Gasteiger partial charge is 0.465 e. The minimum atomic E-state index is -0.344. The van der Waals surface area contributed by atoms with E-state index in [9.17, 15) is 9.59 Å². The van der Waals surface area contributed by atoms with Gasteiger partial charge < -0.3 is 15.4 Å². The molecule has 142 valence electrons. The summed E-state index contributed by atoms with van der Waals surface area (Å²) in [6.07, 6.45) is 0.955. The Labute approximate surface area is 160 Å². The van der Waals surface area contributed by atoms with Crippen LogP contribution in [0.1, 0.15) is 39.6 Å². The van der Waals surface area contributed by atoms with Crippen molar-refractivity contribution < 1.29 is 14.3 Å². The highest BCUT2D eigenvalue weighted by molar-refractivity contribution is 5.95. The molecule has 27 heavy (non-hydrogen) atoms. The lowest BCUT2D eigenvalue weighted by atomic mass is 9.94. The first-order valence-corrected chi connectivity index (χ1v) is 9.30. The van der Waals surface area contributed by atoms with Crippen molar-refractivity contribution in [3.8, 4) is 11.1 Å². The van der Waals surface area contributed by atoms with Gasteiger partial charge in [-0.25, -0.2) is 4.79 Å². The Bertz CT molecular complexity index is 830. The molecule has 1 aliphatic heterocycles. The van der Waals surface area contributed by atoms with Gasteiger partial charge in [-0.1, -0.05) is 25.1 Å². The van der Waals surface area contributed by atoms with Crippen LogP contribution in [0.4, 0.5) is 0 Å². The van der Waals surface area contributed by atoms with Crippen molar-refractivity contribution in [3.63, 3.8) is 0 Å². The predicted molar refractivity (Wildman–Crippen MR) is 106 cm³/mol. The number of carbonyl (C=O) groups is 2. The number of rotatable bonds is 4. The third-order valence-electron chi connectivity index (χ3n) is 5.21. The Morgan fingerprint density at radius 1 is 1.11 bits per heavy atom. The lowest BCUT2D eigenvalue weighted by Gasteiger charge is -2.30. The summed E-state index contributed by atoms with van der Waals surface area (Å²) in [6.45, 7) is 5.99. The van der Waals surface area contributed by atoms with Gasteiger partial charge in [-0.3, -0.25) is 4.79 Å². The van der Waals surface area contributed by atoms with Crippen molar-refractivity contribution in [2.75, 3.05) is 20.2 Å². The number of ether oxygens (including phenoxy) is 1. The molecule has 2 atom stereocenters. The first kappa shape index (κ1) is 19.1. The average molecular weight is 366 g/mol. The SMILES string of the molecule is COC(=O)c1ccc(-c2ccc(C(=O)NC3CCNCC3C)cc2)c(C)c1. The van der Waals surface area contributed by atoms with E-state index in [1.165, 1.54) is 7.11 Å². The number of benzene rings is 2. The first-order chi connectivity index (χ1) is 13.0. The van der Waals surface area contributed by atoms with Gasteiger partial charge in [0.1, 0.15) is 0 Å². The van der Waals surface area contributed by atoms with Crippen molar-refractivity contribution >= 4 is 11.9 Å². The summed E-state index contributed by atoms with van der Waals surface area (Å²) in [5, 5.41) is 6.49. The monoisotopic (exact) mass is 366 g/mol. The van der Waals surface area contributed by atoms with Gasteiger partial charge in [0, 0.05) is 11.6 Å². The average Bonchev–Trinajstić information content (AvgIpc) is 2.69. The molecule has 0 saturated carbocycles. The zero-order chi connectivity index (χ0) is 19.4. The summed E-state index contributed by atoms with van der Waals surface area (Å²) >= 11 is 0. The van der Waals surface area contributed by atoms with Crippen LogP contribution >= 0.6 is 0 Å². The fourth-order valence-electron chi connectivity index (χ4n) is 3.51. The van der Waals surface area contributed by atoms with Crippen LogP contribution in [-0.2, 0) is 4.74 Å². The molecular weight excluding hydrogens is 340 g/mol. The number of nitrogens with one attached hydrogen (secondary N) is 2. The molecule has 0 aliphatic carbocycles. The number of hydrogen-bond acceptors (Lipinski definition) is 4. The highest BCUT2D eigenvalue weighted by Crippen LogP contribution is 2.25. The fourth-order valence-corrected chi connectivity index (χ4v) is 3.51. The van der Waals surface area contributed by atoms with E-state index in [1.54, 1.807) is 6.07 Å². The van der Waals surface area contributed by atoms with Crippen molar-refractivity contribution in [1.29, 1.82) is 0 Å². The van der Waals surface area contributed by atoms with Crippen molar-refractivity contribution in [3.05, 3.63) is 59.2 Å². The van der Waals surface area contributed by atoms with Gasteiger partial charge in [0.05, 0.1) is 12.7 Å². The molecule has 5 heteroatoms. The maximum Gasteiger partial charge on any atom is 0.337 e. The molecule has 3 rings (SSSR count). The van der Waals surface area contributed by atoms with Crippen molar-refractivity contribution in [2.24, 2.45) is 5.92 Å². The van der Waals surface area contributed by atoms with Crippen molar-refractivity contribution in [1.82, 2.24) is 10.6 Å². The second kappa shape index (κ2) is 8.35. The van der Waals surface area contributed by atoms with Crippen LogP contribution in [0, 0.1) is 12.8 Å². The molecule has 1 saturated heterocycles. The second-order valence-corrected chi connectivity index (χ2v) is 7.15. The van der Waals surface area contributed by atoms with E-state index in [4.69, 9.17) is 4.74 Å².